The van der Waals surface area contributed by atoms with Crippen LogP contribution in [-0.2, 0) is 4.74 Å². The van der Waals surface area contributed by atoms with Gasteiger partial charge in [-0.3, -0.25) is 5.32 Å². The summed E-state index contributed by atoms with van der Waals surface area (Å²) in [6.07, 6.45) is 0.282. The molecule has 0 aromatic heterocycles. The van der Waals surface area contributed by atoms with Crippen LogP contribution in [0.2, 0.25) is 0 Å². The molecule has 2 heterocycles. The molecule has 2 rings (SSSR count). The average molecular weight is 101 g/mol. The van der Waals surface area contributed by atoms with Crippen LogP contribution in [0.3, 0.4) is 0 Å². The molecule has 2 aliphatic heterocycles. The fourth-order valence-corrected chi connectivity index (χ4v) is 0.534. The maximum absolute atomic E-state index is 4.87. The molecule has 0 aromatic rings. The highest BCUT2D eigenvalue weighted by atomic mass is 16.5. The second kappa shape index (κ2) is 1.18. The van der Waals surface area contributed by atoms with Gasteiger partial charge >= 0.3 is 0 Å². The van der Waals surface area contributed by atoms with Crippen LogP contribution in [0.4, 0.5) is 0 Å². The van der Waals surface area contributed by atoms with Gasteiger partial charge in [-0.1, -0.05) is 0 Å². The summed E-state index contributed by atoms with van der Waals surface area (Å²) < 4.78 is 4.87. The van der Waals surface area contributed by atoms with Crippen molar-refractivity contribution in [3.8, 4) is 0 Å². The molecular weight excluding hydrogens is 94.1 g/mol. The Morgan fingerprint density at radius 2 is 2.71 bits per heavy atom. The summed E-state index contributed by atoms with van der Waals surface area (Å²) in [5.74, 6) is 0.884. The lowest BCUT2D eigenvalue weighted by Gasteiger charge is -1.84. The maximum Gasteiger partial charge on any atom is 0.227 e. The van der Waals surface area contributed by atoms with Crippen molar-refractivity contribution in [1.82, 2.24) is 11.5 Å². The molecule has 4 heteroatoms. The number of aliphatic imine (C=N–C) groups is 1. The molecule has 40 valence electrons. The number of fused-ring (bicyclic) bond motifs is 1. The second-order valence-corrected chi connectivity index (χ2v) is 1.36. The third-order valence-electron chi connectivity index (χ3n) is 0.919. The lowest BCUT2D eigenvalue weighted by Crippen LogP contribution is -2.11. The molecule has 1 fully saturated rings. The van der Waals surface area contributed by atoms with E-state index >= 15 is 0 Å². The Kier molecular flexibility index (Phi) is 0.765. The third-order valence-corrected chi connectivity index (χ3v) is 0.919. The molecule has 2 aliphatic rings. The maximum atomic E-state index is 4.87. The van der Waals surface area contributed by atoms with Gasteiger partial charge < -0.3 is 10.9 Å². The van der Waals surface area contributed by atoms with E-state index < -0.39 is 0 Å². The van der Waals surface area contributed by atoms with E-state index in [0.29, 0.717) is 6.73 Å². The molecule has 0 saturated carbocycles. The predicted octanol–water partition coefficient (Wildman–Crippen LogP) is -0.536. The number of ether oxygens (including phenoxy) is 1. The third kappa shape index (κ3) is 0.477. The SMILES string of the molecule is C1NC2N=C2O1.N. The highest BCUT2D eigenvalue weighted by Gasteiger charge is 2.34. The standard InChI is InChI=1S/C3H4N2O.H3N/c1-4-2-3(5-2)6-1;/h2,4H,1H2;1H3. The Balaban J connectivity index is 0.000000245. The fourth-order valence-electron chi connectivity index (χ4n) is 0.534. The van der Waals surface area contributed by atoms with Crippen molar-refractivity contribution in [3.05, 3.63) is 0 Å². The Labute approximate surface area is 41.2 Å². The van der Waals surface area contributed by atoms with E-state index in [-0.39, 0.29) is 12.3 Å². The topological polar surface area (TPSA) is 68.6 Å². The predicted molar refractivity (Wildman–Crippen MR) is 25.3 cm³/mol. The van der Waals surface area contributed by atoms with Crippen LogP contribution >= 0.6 is 0 Å². The highest BCUT2D eigenvalue weighted by molar-refractivity contribution is 5.94. The number of nitrogens with zero attached hydrogens (tertiary/aromatic N) is 1. The molecule has 0 aliphatic carbocycles. The smallest absolute Gasteiger partial charge is 0.227 e. The summed E-state index contributed by atoms with van der Waals surface area (Å²) >= 11 is 0. The van der Waals surface area contributed by atoms with Crippen molar-refractivity contribution in [3.63, 3.8) is 0 Å². The van der Waals surface area contributed by atoms with E-state index in [0.717, 1.165) is 5.90 Å². The quantitative estimate of drug-likeness (QED) is 0.430. The van der Waals surface area contributed by atoms with Gasteiger partial charge in [0.2, 0.25) is 5.90 Å². The molecule has 0 spiro atoms. The Bertz CT molecular complexity index is 111. The van der Waals surface area contributed by atoms with Gasteiger partial charge in [-0.2, -0.15) is 0 Å². The first-order chi connectivity index (χ1) is 2.97. The minimum Gasteiger partial charge on any atom is -0.462 e. The van der Waals surface area contributed by atoms with Gasteiger partial charge in [0.25, 0.3) is 0 Å². The van der Waals surface area contributed by atoms with Crippen molar-refractivity contribution < 1.29 is 4.74 Å². The molecule has 4 N–H and O–H groups in total. The minimum atomic E-state index is 0. The van der Waals surface area contributed by atoms with Crippen molar-refractivity contribution in [2.45, 2.75) is 6.17 Å². The second-order valence-electron chi connectivity index (χ2n) is 1.36. The molecule has 0 aromatic carbocycles. The molecule has 0 amide bonds. The van der Waals surface area contributed by atoms with Crippen LogP contribution in [0.1, 0.15) is 0 Å². The van der Waals surface area contributed by atoms with Gasteiger partial charge in [-0.05, 0) is 0 Å². The summed E-state index contributed by atoms with van der Waals surface area (Å²) in [4.78, 5) is 3.84. The van der Waals surface area contributed by atoms with Crippen molar-refractivity contribution in [2.75, 3.05) is 6.73 Å². The zero-order valence-electron chi connectivity index (χ0n) is 3.85. The van der Waals surface area contributed by atoms with Crippen LogP contribution in [-0.4, -0.2) is 18.8 Å². The first-order valence-electron chi connectivity index (χ1n) is 1.91. The lowest BCUT2D eigenvalue weighted by atomic mass is 10.7. The van der Waals surface area contributed by atoms with Gasteiger partial charge in [0.15, 0.2) is 6.17 Å². The van der Waals surface area contributed by atoms with Crippen molar-refractivity contribution in [1.29, 1.82) is 0 Å². The largest absolute Gasteiger partial charge is 0.462 e. The summed E-state index contributed by atoms with van der Waals surface area (Å²) in [6.45, 7) is 0.656. The van der Waals surface area contributed by atoms with Crippen LogP contribution in [0, 0.1) is 0 Å². The molecule has 7 heavy (non-hydrogen) atoms. The first-order valence-corrected chi connectivity index (χ1v) is 1.91. The van der Waals surface area contributed by atoms with E-state index in [9.17, 15) is 0 Å². The normalized spacial score (nSPS) is 32.0. The summed E-state index contributed by atoms with van der Waals surface area (Å²) in [7, 11) is 0. The van der Waals surface area contributed by atoms with Gasteiger partial charge in [-0.15, -0.1) is 0 Å². The monoisotopic (exact) mass is 101 g/mol. The lowest BCUT2D eigenvalue weighted by molar-refractivity contribution is 0.318. The number of hydrogen-bond donors (Lipinski definition) is 2. The average Bonchev–Trinajstić information content (AvgIpc) is 2.17. The van der Waals surface area contributed by atoms with Gasteiger partial charge in [-0.25, -0.2) is 4.99 Å². The molecular formula is C3H7N3O. The number of hydrogen-bond acceptors (Lipinski definition) is 4. The number of rotatable bonds is 0. The Morgan fingerprint density at radius 1 is 1.86 bits per heavy atom. The number of nitrogens with one attached hydrogen (secondary N) is 1. The summed E-state index contributed by atoms with van der Waals surface area (Å²) in [5, 5.41) is 2.97. The van der Waals surface area contributed by atoms with Crippen LogP contribution in [0.15, 0.2) is 4.99 Å². The van der Waals surface area contributed by atoms with E-state index in [1.165, 1.54) is 0 Å². The molecule has 1 saturated heterocycles. The Hall–Kier alpha value is -0.610. The molecule has 1 atom stereocenters. The van der Waals surface area contributed by atoms with E-state index in [1.807, 2.05) is 0 Å². The molecule has 4 nitrogen and oxygen atoms in total. The van der Waals surface area contributed by atoms with Gasteiger partial charge in [0, 0.05) is 0 Å². The zero-order valence-corrected chi connectivity index (χ0v) is 3.85. The van der Waals surface area contributed by atoms with Crippen LogP contribution < -0.4 is 11.5 Å². The summed E-state index contributed by atoms with van der Waals surface area (Å²) in [6, 6.07) is 0. The molecule has 0 bridgehead atoms. The first kappa shape index (κ1) is 4.55. The zero-order chi connectivity index (χ0) is 3.98. The van der Waals surface area contributed by atoms with Gasteiger partial charge in [0.05, 0.1) is 0 Å². The fraction of sp³-hybridized carbons (Fsp3) is 0.667. The van der Waals surface area contributed by atoms with Crippen LogP contribution in [0.5, 0.6) is 0 Å². The molecule has 0 radical (unpaired) electrons. The highest BCUT2D eigenvalue weighted by Crippen LogP contribution is 2.13. The van der Waals surface area contributed by atoms with E-state index in [1.54, 1.807) is 0 Å². The Morgan fingerprint density at radius 3 is 2.86 bits per heavy atom. The minimum absolute atomic E-state index is 0. The van der Waals surface area contributed by atoms with E-state index in [2.05, 4.69) is 10.3 Å². The van der Waals surface area contributed by atoms with Crippen LogP contribution in [0.25, 0.3) is 0 Å². The van der Waals surface area contributed by atoms with Crippen molar-refractivity contribution in [2.24, 2.45) is 4.99 Å². The van der Waals surface area contributed by atoms with Crippen molar-refractivity contribution >= 4 is 5.90 Å². The summed E-state index contributed by atoms with van der Waals surface area (Å²) in [5.41, 5.74) is 0. The molecule has 1 unspecified atom stereocenters. The van der Waals surface area contributed by atoms with E-state index in [4.69, 9.17) is 4.74 Å². The van der Waals surface area contributed by atoms with Gasteiger partial charge in [0.1, 0.15) is 6.73 Å².